The summed E-state index contributed by atoms with van der Waals surface area (Å²) in [4.78, 5) is 15.8. The number of benzene rings is 1. The van der Waals surface area contributed by atoms with Crippen LogP contribution in [0.1, 0.15) is 18.1 Å². The zero-order valence-corrected chi connectivity index (χ0v) is 12.3. The first-order valence-electron chi connectivity index (χ1n) is 5.30. The van der Waals surface area contributed by atoms with Crippen LogP contribution in [0.25, 0.3) is 10.2 Å². The van der Waals surface area contributed by atoms with E-state index in [9.17, 15) is 4.79 Å². The SMILES string of the molecule is Cc1cc(C)c2nc(NC(=O)C(C)Br)sc2c1. The number of thiazole rings is 1. The van der Waals surface area contributed by atoms with Gasteiger partial charge in [-0.15, -0.1) is 0 Å². The van der Waals surface area contributed by atoms with Crippen molar-refractivity contribution < 1.29 is 4.79 Å². The van der Waals surface area contributed by atoms with Gasteiger partial charge in [0.2, 0.25) is 5.91 Å². The molecule has 0 aliphatic heterocycles. The fourth-order valence-corrected chi connectivity index (χ4v) is 2.79. The Labute approximate surface area is 112 Å². The van der Waals surface area contributed by atoms with Gasteiger partial charge < -0.3 is 5.32 Å². The number of rotatable bonds is 2. The van der Waals surface area contributed by atoms with Crippen LogP contribution in [0.3, 0.4) is 0 Å². The number of anilines is 1. The minimum Gasteiger partial charge on any atom is -0.301 e. The predicted molar refractivity (Wildman–Crippen MR) is 76.1 cm³/mol. The van der Waals surface area contributed by atoms with E-state index in [1.54, 1.807) is 6.92 Å². The van der Waals surface area contributed by atoms with E-state index in [4.69, 9.17) is 0 Å². The molecule has 1 unspecified atom stereocenters. The lowest BCUT2D eigenvalue weighted by molar-refractivity contribution is -0.115. The molecule has 3 nitrogen and oxygen atoms in total. The highest BCUT2D eigenvalue weighted by Gasteiger charge is 2.12. The van der Waals surface area contributed by atoms with Gasteiger partial charge in [-0.25, -0.2) is 4.98 Å². The van der Waals surface area contributed by atoms with E-state index < -0.39 is 0 Å². The minimum atomic E-state index is -0.211. The summed E-state index contributed by atoms with van der Waals surface area (Å²) in [5.41, 5.74) is 3.33. The minimum absolute atomic E-state index is 0.0709. The second-order valence-electron chi connectivity index (χ2n) is 4.05. The Hall–Kier alpha value is -0.940. The van der Waals surface area contributed by atoms with E-state index >= 15 is 0 Å². The number of amides is 1. The van der Waals surface area contributed by atoms with Crippen molar-refractivity contribution in [3.63, 3.8) is 0 Å². The molecule has 2 rings (SSSR count). The lowest BCUT2D eigenvalue weighted by atomic mass is 10.1. The number of aryl methyl sites for hydroxylation is 2. The fourth-order valence-electron chi connectivity index (χ4n) is 1.63. The van der Waals surface area contributed by atoms with Crippen molar-refractivity contribution in [3.05, 3.63) is 23.3 Å². The molecule has 2 aromatic rings. The highest BCUT2D eigenvalue weighted by atomic mass is 79.9. The molecule has 0 saturated carbocycles. The van der Waals surface area contributed by atoms with Crippen molar-refractivity contribution >= 4 is 48.5 Å². The number of hydrogen-bond acceptors (Lipinski definition) is 3. The Morgan fingerprint density at radius 3 is 2.82 bits per heavy atom. The van der Waals surface area contributed by atoms with Crippen molar-refractivity contribution in [3.8, 4) is 0 Å². The topological polar surface area (TPSA) is 42.0 Å². The summed E-state index contributed by atoms with van der Waals surface area (Å²) >= 11 is 4.74. The van der Waals surface area contributed by atoms with Crippen molar-refractivity contribution in [2.45, 2.75) is 25.6 Å². The van der Waals surface area contributed by atoms with Gasteiger partial charge in [0.05, 0.1) is 15.0 Å². The lowest BCUT2D eigenvalue weighted by Gasteiger charge is -2.01. The van der Waals surface area contributed by atoms with E-state index in [0.717, 1.165) is 15.8 Å². The molecule has 0 fully saturated rings. The van der Waals surface area contributed by atoms with E-state index in [0.29, 0.717) is 5.13 Å². The quantitative estimate of drug-likeness (QED) is 0.860. The van der Waals surface area contributed by atoms with Crippen LogP contribution < -0.4 is 5.32 Å². The van der Waals surface area contributed by atoms with Crippen LogP contribution in [0, 0.1) is 13.8 Å². The van der Waals surface area contributed by atoms with Gasteiger partial charge in [0.1, 0.15) is 0 Å². The monoisotopic (exact) mass is 312 g/mol. The molecule has 0 saturated heterocycles. The summed E-state index contributed by atoms with van der Waals surface area (Å²) in [7, 11) is 0. The first-order chi connectivity index (χ1) is 7.97. The largest absolute Gasteiger partial charge is 0.301 e. The van der Waals surface area contributed by atoms with Gasteiger partial charge in [0.15, 0.2) is 5.13 Å². The smallest absolute Gasteiger partial charge is 0.239 e. The molecule has 90 valence electrons. The number of fused-ring (bicyclic) bond motifs is 1. The number of nitrogens with zero attached hydrogens (tertiary/aromatic N) is 1. The number of carbonyl (C=O) groups is 1. The summed E-state index contributed by atoms with van der Waals surface area (Å²) in [5, 5.41) is 3.46. The van der Waals surface area contributed by atoms with Crippen LogP contribution in [-0.2, 0) is 4.79 Å². The Kier molecular flexibility index (Phi) is 3.49. The number of halogens is 1. The summed E-state index contributed by atoms with van der Waals surface area (Å²) in [5.74, 6) is -0.0709. The van der Waals surface area contributed by atoms with Gasteiger partial charge in [-0.1, -0.05) is 33.3 Å². The summed E-state index contributed by atoms with van der Waals surface area (Å²) in [6.07, 6.45) is 0. The molecule has 0 spiro atoms. The maximum Gasteiger partial charge on any atom is 0.239 e. The van der Waals surface area contributed by atoms with Crippen molar-refractivity contribution in [2.24, 2.45) is 0 Å². The Balaban J connectivity index is 2.38. The van der Waals surface area contributed by atoms with Crippen LogP contribution in [-0.4, -0.2) is 15.7 Å². The van der Waals surface area contributed by atoms with Gasteiger partial charge in [-0.05, 0) is 38.0 Å². The van der Waals surface area contributed by atoms with Crippen LogP contribution in [0.2, 0.25) is 0 Å². The number of carbonyl (C=O) groups excluding carboxylic acids is 1. The number of nitrogens with one attached hydrogen (secondary N) is 1. The third-order valence-corrected chi connectivity index (χ3v) is 3.75. The van der Waals surface area contributed by atoms with Crippen LogP contribution >= 0.6 is 27.3 Å². The van der Waals surface area contributed by atoms with E-state index in [-0.39, 0.29) is 10.7 Å². The van der Waals surface area contributed by atoms with E-state index in [2.05, 4.69) is 45.3 Å². The van der Waals surface area contributed by atoms with Crippen molar-refractivity contribution in [1.82, 2.24) is 4.98 Å². The molecule has 1 amide bonds. The number of hydrogen-bond donors (Lipinski definition) is 1. The highest BCUT2D eigenvalue weighted by Crippen LogP contribution is 2.29. The molecular formula is C12H13BrN2OS. The second kappa shape index (κ2) is 4.74. The molecule has 5 heteroatoms. The van der Waals surface area contributed by atoms with Crippen LogP contribution in [0.5, 0.6) is 0 Å². The molecule has 1 aromatic carbocycles. The Bertz CT molecular complexity index is 577. The van der Waals surface area contributed by atoms with Crippen LogP contribution in [0.15, 0.2) is 12.1 Å². The maximum atomic E-state index is 11.5. The van der Waals surface area contributed by atoms with Crippen LogP contribution in [0.4, 0.5) is 5.13 Å². The molecule has 0 aliphatic carbocycles. The molecule has 0 bridgehead atoms. The molecule has 17 heavy (non-hydrogen) atoms. The summed E-state index contributed by atoms with van der Waals surface area (Å²) in [6, 6.07) is 4.19. The standard InChI is InChI=1S/C12H13BrN2OS/c1-6-4-7(2)10-9(5-6)17-12(14-10)15-11(16)8(3)13/h4-5,8H,1-3H3,(H,14,15,16). The van der Waals surface area contributed by atoms with Gasteiger partial charge in [0.25, 0.3) is 0 Å². The molecule has 0 radical (unpaired) electrons. The van der Waals surface area contributed by atoms with Crippen molar-refractivity contribution in [1.29, 1.82) is 0 Å². The highest BCUT2D eigenvalue weighted by molar-refractivity contribution is 9.10. The third kappa shape index (κ3) is 2.66. The van der Waals surface area contributed by atoms with E-state index in [1.807, 2.05) is 6.92 Å². The van der Waals surface area contributed by atoms with E-state index in [1.165, 1.54) is 16.9 Å². The molecule has 1 heterocycles. The summed E-state index contributed by atoms with van der Waals surface area (Å²) < 4.78 is 1.11. The average molecular weight is 313 g/mol. The summed E-state index contributed by atoms with van der Waals surface area (Å²) in [6.45, 7) is 5.89. The normalized spacial score (nSPS) is 12.7. The second-order valence-corrected chi connectivity index (χ2v) is 6.46. The van der Waals surface area contributed by atoms with Gasteiger partial charge in [0, 0.05) is 0 Å². The average Bonchev–Trinajstić information content (AvgIpc) is 2.60. The third-order valence-electron chi connectivity index (χ3n) is 2.42. The first kappa shape index (κ1) is 12.5. The Morgan fingerprint density at radius 2 is 2.18 bits per heavy atom. The first-order valence-corrected chi connectivity index (χ1v) is 7.03. The molecule has 1 aromatic heterocycles. The molecule has 1 N–H and O–H groups in total. The number of aromatic nitrogens is 1. The molecular weight excluding hydrogens is 300 g/mol. The molecule has 0 aliphatic rings. The maximum absolute atomic E-state index is 11.5. The van der Waals surface area contributed by atoms with Gasteiger partial charge in [-0.2, -0.15) is 0 Å². The van der Waals surface area contributed by atoms with Gasteiger partial charge >= 0.3 is 0 Å². The zero-order valence-electron chi connectivity index (χ0n) is 9.87. The fraction of sp³-hybridized carbons (Fsp3) is 0.333. The lowest BCUT2D eigenvalue weighted by Crippen LogP contribution is -2.19. The van der Waals surface area contributed by atoms with Crippen molar-refractivity contribution in [2.75, 3.05) is 5.32 Å². The zero-order chi connectivity index (χ0) is 12.6. The van der Waals surface area contributed by atoms with Gasteiger partial charge in [-0.3, -0.25) is 4.79 Å². The molecule has 1 atom stereocenters. The Morgan fingerprint density at radius 1 is 1.47 bits per heavy atom. The predicted octanol–water partition coefficient (Wildman–Crippen LogP) is 3.64. The number of alkyl halides is 1.